The Balaban J connectivity index is 0.00000132. The fraction of sp³-hybridized carbons (Fsp3) is 0.550. The molecule has 0 spiro atoms. The summed E-state index contributed by atoms with van der Waals surface area (Å²) in [7, 11) is 0. The Hall–Kier alpha value is -3.05. The third kappa shape index (κ3) is 5.98. The zero-order valence-corrected chi connectivity index (χ0v) is 18.0. The molecule has 11 nitrogen and oxygen atoms in total. The van der Waals surface area contributed by atoms with Crippen molar-refractivity contribution in [2.45, 2.75) is 13.8 Å². The molecule has 0 bridgehead atoms. The Morgan fingerprint density at radius 1 is 1.10 bits per heavy atom. The minimum absolute atomic E-state index is 0.142. The molecule has 0 aliphatic carbocycles. The molecule has 0 aromatic carbocycles. The number of rotatable bonds is 4. The number of ether oxygens (including phenoxy) is 1. The quantitative estimate of drug-likeness (QED) is 0.491. The van der Waals surface area contributed by atoms with E-state index in [2.05, 4.69) is 25.5 Å². The number of piperazine rings is 1. The number of nitrogens with zero attached hydrogens (tertiary/aromatic N) is 5. The molecule has 1 aromatic heterocycles. The molecular formula is C20H29N7O4. The number of carbonyl (C=O) groups excluding carboxylic acids is 3. The molecular weight excluding hydrogens is 402 g/mol. The zero-order valence-electron chi connectivity index (χ0n) is 18.0. The fourth-order valence-electron chi connectivity index (χ4n) is 3.43. The van der Waals surface area contributed by atoms with Crippen LogP contribution >= 0.6 is 0 Å². The number of amides is 4. The van der Waals surface area contributed by atoms with E-state index in [0.717, 1.165) is 13.1 Å². The molecule has 3 fully saturated rings. The van der Waals surface area contributed by atoms with E-state index in [0.29, 0.717) is 57.6 Å². The number of urea groups is 1. The van der Waals surface area contributed by atoms with E-state index < -0.39 is 11.9 Å². The summed E-state index contributed by atoms with van der Waals surface area (Å²) in [6.07, 6.45) is 3.14. The predicted octanol–water partition coefficient (Wildman–Crippen LogP) is -0.336. The topological polar surface area (TPSA) is 120 Å². The highest BCUT2D eigenvalue weighted by molar-refractivity contribution is 6.13. The summed E-state index contributed by atoms with van der Waals surface area (Å²) >= 11 is 0. The third-order valence-corrected chi connectivity index (χ3v) is 5.05. The Labute approximate surface area is 181 Å². The Kier molecular flexibility index (Phi) is 7.90. The van der Waals surface area contributed by atoms with E-state index in [-0.39, 0.29) is 11.6 Å². The van der Waals surface area contributed by atoms with Crippen molar-refractivity contribution in [3.63, 3.8) is 0 Å². The lowest BCUT2D eigenvalue weighted by Gasteiger charge is -2.36. The Morgan fingerprint density at radius 3 is 2.45 bits per heavy atom. The smallest absolute Gasteiger partial charge is 0.326 e. The molecule has 0 saturated carbocycles. The zero-order chi connectivity index (χ0) is 22.2. The summed E-state index contributed by atoms with van der Waals surface area (Å²) in [6, 6.07) is 1.13. The van der Waals surface area contributed by atoms with Gasteiger partial charge in [-0.3, -0.25) is 19.8 Å². The van der Waals surface area contributed by atoms with Crippen molar-refractivity contribution >= 4 is 29.9 Å². The van der Waals surface area contributed by atoms with Gasteiger partial charge in [-0.1, -0.05) is 13.8 Å². The van der Waals surface area contributed by atoms with Crippen LogP contribution in [0.5, 0.6) is 0 Å². The maximum atomic E-state index is 12.4. The first-order valence-corrected chi connectivity index (χ1v) is 10.6. The minimum atomic E-state index is -0.543. The largest absolute Gasteiger partial charge is 0.378 e. The standard InChI is InChI=1S/C18H23N7O4.C2H6/c26-15(24-7-9-29-10-8-24)12-23-3-5-25(6-4-23)17-19-2-1-13(20-17)11-14-16(27)22-18(28)21-14;1-2/h1-2,11H,3-10,12H2,(H2,21,22,27,28);1-2H3/b14-11-;. The Morgan fingerprint density at radius 2 is 1.81 bits per heavy atom. The van der Waals surface area contributed by atoms with Gasteiger partial charge >= 0.3 is 6.03 Å². The number of hydrogen-bond donors (Lipinski definition) is 2. The van der Waals surface area contributed by atoms with Crippen molar-refractivity contribution in [1.82, 2.24) is 30.4 Å². The van der Waals surface area contributed by atoms with E-state index in [9.17, 15) is 14.4 Å². The van der Waals surface area contributed by atoms with Crippen LogP contribution in [0.3, 0.4) is 0 Å². The fourth-order valence-corrected chi connectivity index (χ4v) is 3.43. The molecule has 0 radical (unpaired) electrons. The second-order valence-electron chi connectivity index (χ2n) is 7.00. The molecule has 0 atom stereocenters. The average Bonchev–Trinajstić information content (AvgIpc) is 3.13. The first kappa shape index (κ1) is 22.6. The molecule has 2 N–H and O–H groups in total. The van der Waals surface area contributed by atoms with E-state index >= 15 is 0 Å². The van der Waals surface area contributed by atoms with Crippen molar-refractivity contribution in [3.05, 3.63) is 23.7 Å². The van der Waals surface area contributed by atoms with Gasteiger partial charge in [0.1, 0.15) is 5.70 Å². The summed E-state index contributed by atoms with van der Waals surface area (Å²) in [5, 5.41) is 4.59. The van der Waals surface area contributed by atoms with Gasteiger partial charge in [0.25, 0.3) is 5.91 Å². The third-order valence-electron chi connectivity index (χ3n) is 5.05. The molecule has 3 aliphatic heterocycles. The summed E-state index contributed by atoms with van der Waals surface area (Å²) in [5.74, 6) is 0.223. The average molecular weight is 431 g/mol. The number of imide groups is 1. The molecule has 4 heterocycles. The molecule has 0 unspecified atom stereocenters. The van der Waals surface area contributed by atoms with Gasteiger partial charge in [0.2, 0.25) is 11.9 Å². The number of hydrogen-bond acceptors (Lipinski definition) is 8. The lowest BCUT2D eigenvalue weighted by molar-refractivity contribution is -0.136. The Bertz CT molecular complexity index is 831. The van der Waals surface area contributed by atoms with Crippen LogP contribution in [0.2, 0.25) is 0 Å². The number of morpholine rings is 1. The molecule has 4 amide bonds. The van der Waals surface area contributed by atoms with Crippen molar-refractivity contribution in [1.29, 1.82) is 0 Å². The van der Waals surface area contributed by atoms with Crippen LogP contribution in [-0.2, 0) is 14.3 Å². The van der Waals surface area contributed by atoms with Crippen molar-refractivity contribution in [2.24, 2.45) is 0 Å². The van der Waals surface area contributed by atoms with E-state index in [1.165, 1.54) is 6.08 Å². The van der Waals surface area contributed by atoms with Crippen LogP contribution in [0.25, 0.3) is 6.08 Å². The highest BCUT2D eigenvalue weighted by atomic mass is 16.5. The summed E-state index contributed by atoms with van der Waals surface area (Å²) in [4.78, 5) is 50.1. The number of aromatic nitrogens is 2. The first-order chi connectivity index (χ1) is 15.1. The van der Waals surface area contributed by atoms with E-state index in [1.54, 1.807) is 12.3 Å². The van der Waals surface area contributed by atoms with Gasteiger partial charge in [-0.05, 0) is 12.1 Å². The minimum Gasteiger partial charge on any atom is -0.378 e. The molecule has 3 saturated heterocycles. The van der Waals surface area contributed by atoms with Gasteiger partial charge < -0.3 is 19.9 Å². The SMILES string of the molecule is CC.O=C1NC(=O)/C(=C/c2ccnc(N3CCN(CC(=O)N4CCOCC4)CC3)n2)N1. The highest BCUT2D eigenvalue weighted by Crippen LogP contribution is 2.14. The first-order valence-electron chi connectivity index (χ1n) is 10.6. The van der Waals surface area contributed by atoms with Gasteiger partial charge in [0.15, 0.2) is 0 Å². The van der Waals surface area contributed by atoms with Crippen LogP contribution in [0.15, 0.2) is 18.0 Å². The summed E-state index contributed by atoms with van der Waals surface area (Å²) in [6.45, 7) is 9.83. The second-order valence-corrected chi connectivity index (χ2v) is 7.00. The second kappa shape index (κ2) is 10.8. The predicted molar refractivity (Wildman–Crippen MR) is 114 cm³/mol. The maximum Gasteiger partial charge on any atom is 0.326 e. The monoisotopic (exact) mass is 431 g/mol. The van der Waals surface area contributed by atoms with Gasteiger partial charge in [-0.15, -0.1) is 0 Å². The number of nitrogens with one attached hydrogen (secondary N) is 2. The normalized spacial score (nSPS) is 20.8. The molecule has 3 aliphatic rings. The van der Waals surface area contributed by atoms with Crippen LogP contribution in [-0.4, -0.2) is 96.6 Å². The van der Waals surface area contributed by atoms with Crippen molar-refractivity contribution in [3.8, 4) is 0 Å². The van der Waals surface area contributed by atoms with Crippen molar-refractivity contribution < 1.29 is 19.1 Å². The lowest BCUT2D eigenvalue weighted by Crippen LogP contribution is -2.51. The van der Waals surface area contributed by atoms with Gasteiger partial charge in [-0.2, -0.15) is 0 Å². The van der Waals surface area contributed by atoms with E-state index in [4.69, 9.17) is 4.74 Å². The van der Waals surface area contributed by atoms with Gasteiger partial charge in [-0.25, -0.2) is 14.8 Å². The molecule has 11 heteroatoms. The van der Waals surface area contributed by atoms with Crippen LogP contribution in [0.4, 0.5) is 10.7 Å². The molecule has 4 rings (SSSR count). The van der Waals surface area contributed by atoms with Gasteiger partial charge in [0.05, 0.1) is 25.5 Å². The van der Waals surface area contributed by atoms with Crippen LogP contribution < -0.4 is 15.5 Å². The molecule has 168 valence electrons. The summed E-state index contributed by atoms with van der Waals surface area (Å²) in [5.41, 5.74) is 0.693. The van der Waals surface area contributed by atoms with E-state index in [1.807, 2.05) is 23.6 Å². The van der Waals surface area contributed by atoms with Crippen molar-refractivity contribution in [2.75, 3.05) is 63.9 Å². The number of anilines is 1. The number of carbonyl (C=O) groups is 3. The summed E-state index contributed by atoms with van der Waals surface area (Å²) < 4.78 is 5.29. The van der Waals surface area contributed by atoms with Gasteiger partial charge in [0, 0.05) is 45.5 Å². The molecule has 1 aromatic rings. The molecule has 31 heavy (non-hydrogen) atoms. The van der Waals surface area contributed by atoms with Crippen LogP contribution in [0.1, 0.15) is 19.5 Å². The van der Waals surface area contributed by atoms with Crippen LogP contribution in [0, 0.1) is 0 Å². The highest BCUT2D eigenvalue weighted by Gasteiger charge is 2.25. The maximum absolute atomic E-state index is 12.4. The lowest BCUT2D eigenvalue weighted by atomic mass is 10.3.